The van der Waals surface area contributed by atoms with Crippen LogP contribution in [-0.4, -0.2) is 39.0 Å². The van der Waals surface area contributed by atoms with Crippen LogP contribution in [0.4, 0.5) is 32.2 Å². The van der Waals surface area contributed by atoms with Gasteiger partial charge in [0.15, 0.2) is 6.04 Å². The lowest BCUT2D eigenvalue weighted by Gasteiger charge is -2.20. The number of nitrogens with one attached hydrogen (secondary N) is 1. The molecule has 0 radical (unpaired) electrons. The summed E-state index contributed by atoms with van der Waals surface area (Å²) < 4.78 is 86.8. The van der Waals surface area contributed by atoms with Crippen LogP contribution >= 0.6 is 0 Å². The lowest BCUT2D eigenvalue weighted by atomic mass is 10.1. The van der Waals surface area contributed by atoms with Gasteiger partial charge in [0, 0.05) is 17.7 Å². The van der Waals surface area contributed by atoms with Crippen LogP contribution in [-0.2, 0) is 9.53 Å². The zero-order chi connectivity index (χ0) is 22.1. The highest BCUT2D eigenvalue weighted by atomic mass is 19.4. The Morgan fingerprint density at radius 2 is 1.97 bits per heavy atom. The normalized spacial score (nSPS) is 12.8. The van der Waals surface area contributed by atoms with Crippen molar-refractivity contribution in [3.8, 4) is 5.75 Å². The molecule has 0 aliphatic heterocycles. The first-order valence-corrected chi connectivity index (χ1v) is 7.97. The van der Waals surface area contributed by atoms with E-state index in [1.54, 1.807) is 0 Å². The number of fused-ring (bicyclic) bond motifs is 1. The molecule has 2 aromatic heterocycles. The summed E-state index contributed by atoms with van der Waals surface area (Å²) in [4.78, 5) is 19.5. The first-order valence-electron chi connectivity index (χ1n) is 7.97. The summed E-state index contributed by atoms with van der Waals surface area (Å²) in [7, 11) is 0.984. The van der Waals surface area contributed by atoms with Gasteiger partial charge in [-0.25, -0.2) is 22.9 Å². The molecule has 0 spiro atoms. The Bertz CT molecular complexity index is 1070. The fraction of sp³-hybridized carbons (Fsp3) is 0.250. The molecule has 0 saturated carbocycles. The third-order valence-electron chi connectivity index (χ3n) is 3.74. The van der Waals surface area contributed by atoms with Crippen molar-refractivity contribution in [2.75, 3.05) is 12.4 Å². The van der Waals surface area contributed by atoms with Crippen molar-refractivity contribution in [1.29, 1.82) is 0 Å². The second-order valence-corrected chi connectivity index (χ2v) is 5.67. The first kappa shape index (κ1) is 21.1. The van der Waals surface area contributed by atoms with Crippen molar-refractivity contribution in [1.82, 2.24) is 19.6 Å². The van der Waals surface area contributed by atoms with Crippen molar-refractivity contribution >= 4 is 17.6 Å². The number of alkyl halides is 5. The second-order valence-electron chi connectivity index (χ2n) is 5.67. The molecular weight excluding hydrogens is 424 g/mol. The molecule has 2 heterocycles. The van der Waals surface area contributed by atoms with E-state index in [1.807, 2.05) is 0 Å². The van der Waals surface area contributed by atoms with Gasteiger partial charge < -0.3 is 14.8 Å². The Balaban J connectivity index is 2.02. The van der Waals surface area contributed by atoms with Gasteiger partial charge in [-0.1, -0.05) is 0 Å². The van der Waals surface area contributed by atoms with Crippen molar-refractivity contribution in [2.45, 2.75) is 18.8 Å². The number of carbonyl (C=O) groups excluding carboxylic acids is 1. The Morgan fingerprint density at radius 1 is 1.23 bits per heavy atom. The minimum atomic E-state index is -5.05. The highest BCUT2D eigenvalue weighted by Gasteiger charge is 2.32. The maximum Gasteiger partial charge on any atom is 0.573 e. The number of esters is 1. The molecule has 0 aliphatic carbocycles. The summed E-state index contributed by atoms with van der Waals surface area (Å²) in [6, 6.07) is 1.30. The zero-order valence-electron chi connectivity index (χ0n) is 14.8. The SMILES string of the molecule is COC(=O)C(Nc1cc(C(F)F)nc2ncnn12)c1ccc(OC(F)(F)F)cc1F. The number of aromatic nitrogens is 4. The van der Waals surface area contributed by atoms with E-state index in [0.29, 0.717) is 6.07 Å². The highest BCUT2D eigenvalue weighted by Crippen LogP contribution is 2.30. The predicted octanol–water partition coefficient (Wildman–Crippen LogP) is 3.43. The maximum absolute atomic E-state index is 14.5. The van der Waals surface area contributed by atoms with Gasteiger partial charge in [-0.15, -0.1) is 13.2 Å². The average molecular weight is 435 g/mol. The van der Waals surface area contributed by atoms with Gasteiger partial charge in [0.05, 0.1) is 7.11 Å². The number of nitrogens with zero attached hydrogens (tertiary/aromatic N) is 4. The number of benzene rings is 1. The van der Waals surface area contributed by atoms with Crippen LogP contribution in [0, 0.1) is 5.82 Å². The monoisotopic (exact) mass is 435 g/mol. The maximum atomic E-state index is 14.5. The Morgan fingerprint density at radius 3 is 2.57 bits per heavy atom. The van der Waals surface area contributed by atoms with Gasteiger partial charge in [0.2, 0.25) is 0 Å². The Kier molecular flexibility index (Phi) is 5.67. The summed E-state index contributed by atoms with van der Waals surface area (Å²) >= 11 is 0. The first-order chi connectivity index (χ1) is 14.1. The van der Waals surface area contributed by atoms with Crippen molar-refractivity contribution in [3.05, 3.63) is 47.7 Å². The molecule has 30 heavy (non-hydrogen) atoms. The van der Waals surface area contributed by atoms with Crippen molar-refractivity contribution in [3.63, 3.8) is 0 Å². The summed E-state index contributed by atoms with van der Waals surface area (Å²) in [5, 5.41) is 6.26. The molecule has 0 aliphatic rings. The molecule has 1 N–H and O–H groups in total. The lowest BCUT2D eigenvalue weighted by molar-refractivity contribution is -0.274. The van der Waals surface area contributed by atoms with E-state index in [0.717, 1.165) is 36.2 Å². The number of carbonyl (C=O) groups is 1. The molecule has 160 valence electrons. The highest BCUT2D eigenvalue weighted by molar-refractivity contribution is 5.81. The predicted molar refractivity (Wildman–Crippen MR) is 87.2 cm³/mol. The number of hydrogen-bond acceptors (Lipinski definition) is 7. The van der Waals surface area contributed by atoms with E-state index in [2.05, 4.69) is 29.9 Å². The Hall–Kier alpha value is -3.58. The average Bonchev–Trinajstić information content (AvgIpc) is 3.13. The van der Waals surface area contributed by atoms with E-state index < -0.39 is 47.6 Å². The summed E-state index contributed by atoms with van der Waals surface area (Å²) in [6.45, 7) is 0. The van der Waals surface area contributed by atoms with Gasteiger partial charge in [0.1, 0.15) is 29.4 Å². The van der Waals surface area contributed by atoms with Crippen LogP contribution in [0.3, 0.4) is 0 Å². The fourth-order valence-corrected chi connectivity index (χ4v) is 2.51. The number of halogens is 6. The van der Waals surface area contributed by atoms with Crippen molar-refractivity contribution in [2.24, 2.45) is 0 Å². The minimum absolute atomic E-state index is 0.210. The quantitative estimate of drug-likeness (QED) is 0.469. The minimum Gasteiger partial charge on any atom is -0.467 e. The molecule has 3 aromatic rings. The summed E-state index contributed by atoms with van der Waals surface area (Å²) in [6.07, 6.45) is -7.02. The second kappa shape index (κ2) is 8.04. The zero-order valence-corrected chi connectivity index (χ0v) is 14.8. The molecule has 3 rings (SSSR count). The number of anilines is 1. The molecule has 14 heteroatoms. The van der Waals surface area contributed by atoms with Crippen molar-refractivity contribution < 1.29 is 40.6 Å². The molecule has 1 unspecified atom stereocenters. The van der Waals surface area contributed by atoms with Gasteiger partial charge in [-0.2, -0.15) is 14.6 Å². The molecule has 0 fully saturated rings. The number of hydrogen-bond donors (Lipinski definition) is 1. The van der Waals surface area contributed by atoms with Crippen LogP contribution in [0.25, 0.3) is 5.78 Å². The van der Waals surface area contributed by atoms with E-state index in [1.165, 1.54) is 0 Å². The molecule has 0 bridgehead atoms. The van der Waals surface area contributed by atoms with Crippen LogP contribution in [0.5, 0.6) is 5.75 Å². The fourth-order valence-electron chi connectivity index (χ4n) is 2.51. The van der Waals surface area contributed by atoms with Crippen LogP contribution in [0.15, 0.2) is 30.6 Å². The number of rotatable bonds is 6. The van der Waals surface area contributed by atoms with E-state index in [9.17, 15) is 31.1 Å². The van der Waals surface area contributed by atoms with E-state index in [4.69, 9.17) is 0 Å². The summed E-state index contributed by atoms with van der Waals surface area (Å²) in [5.74, 6) is -3.58. The largest absolute Gasteiger partial charge is 0.573 e. The Labute approximate surface area is 163 Å². The lowest BCUT2D eigenvalue weighted by Crippen LogP contribution is -2.25. The van der Waals surface area contributed by atoms with Crippen LogP contribution < -0.4 is 10.1 Å². The van der Waals surface area contributed by atoms with Gasteiger partial charge in [0.25, 0.3) is 12.2 Å². The van der Waals surface area contributed by atoms with Gasteiger partial charge in [-0.05, 0) is 12.1 Å². The molecule has 0 amide bonds. The van der Waals surface area contributed by atoms with E-state index in [-0.39, 0.29) is 11.6 Å². The molecule has 1 atom stereocenters. The topological polar surface area (TPSA) is 90.6 Å². The standard InChI is InChI=1S/C16H11F6N5O3/c1-29-14(28)12(8-3-2-7(4-9(8)17)30-16(20,21)22)26-11-5-10(13(18)19)25-15-23-6-24-27(11)15/h2-6,12-13,26H,1H3. The van der Waals surface area contributed by atoms with E-state index >= 15 is 0 Å². The molecule has 8 nitrogen and oxygen atoms in total. The smallest absolute Gasteiger partial charge is 0.467 e. The molecule has 1 aromatic carbocycles. The molecular formula is C16H11F6N5O3. The molecule has 0 saturated heterocycles. The summed E-state index contributed by atoms with van der Waals surface area (Å²) in [5.41, 5.74) is -1.13. The third-order valence-corrected chi connectivity index (χ3v) is 3.74. The number of methoxy groups -OCH3 is 1. The van der Waals surface area contributed by atoms with Gasteiger partial charge >= 0.3 is 12.3 Å². The third kappa shape index (κ3) is 4.52. The van der Waals surface area contributed by atoms with Crippen LogP contribution in [0.1, 0.15) is 23.7 Å². The number of ether oxygens (including phenoxy) is 2. The van der Waals surface area contributed by atoms with Gasteiger partial charge in [-0.3, -0.25) is 0 Å². The van der Waals surface area contributed by atoms with Crippen LogP contribution in [0.2, 0.25) is 0 Å².